The van der Waals surface area contributed by atoms with E-state index in [1.54, 1.807) is 0 Å². The van der Waals surface area contributed by atoms with Crippen molar-refractivity contribution in [3.8, 4) is 5.75 Å². The van der Waals surface area contributed by atoms with Crippen molar-refractivity contribution in [2.45, 2.75) is 50.8 Å². The van der Waals surface area contributed by atoms with Crippen LogP contribution in [0, 0.1) is 5.92 Å². The number of rotatable bonds is 10. The second kappa shape index (κ2) is 10.0. The number of halogens is 2. The van der Waals surface area contributed by atoms with Gasteiger partial charge in [0.05, 0.1) is 12.3 Å². The Kier molecular flexibility index (Phi) is 7.08. The summed E-state index contributed by atoms with van der Waals surface area (Å²) in [6, 6.07) is 3.09. The van der Waals surface area contributed by atoms with E-state index in [1.165, 1.54) is 23.1 Å². The Morgan fingerprint density at radius 1 is 1.27 bits per heavy atom. The van der Waals surface area contributed by atoms with Gasteiger partial charge in [-0.1, -0.05) is 6.42 Å². The van der Waals surface area contributed by atoms with Gasteiger partial charge in [0.25, 0.3) is 11.8 Å². The first-order chi connectivity index (χ1) is 15.8. The molecule has 1 heterocycles. The molecule has 1 saturated heterocycles. The minimum absolute atomic E-state index is 0.140. The fourth-order valence-corrected chi connectivity index (χ4v) is 4.28. The highest BCUT2D eigenvalue weighted by Gasteiger charge is 2.42. The smallest absolute Gasteiger partial charge is 0.387 e. The fraction of sp³-hybridized carbons (Fsp3) is 0.591. The summed E-state index contributed by atoms with van der Waals surface area (Å²) in [7, 11) is 0. The first kappa shape index (κ1) is 23.4. The van der Waals surface area contributed by atoms with Gasteiger partial charge in [-0.25, -0.2) is 0 Å². The Bertz CT molecular complexity index is 907. The molecule has 1 atom stereocenters. The fourth-order valence-electron chi connectivity index (χ4n) is 4.28. The molecule has 0 radical (unpaired) electrons. The molecule has 3 amide bonds. The number of carbonyl (C=O) groups excluding carboxylic acids is 3. The van der Waals surface area contributed by atoms with E-state index < -0.39 is 24.5 Å². The molecule has 0 spiro atoms. The molecular weight excluding hydrogens is 438 g/mol. The predicted octanol–water partition coefficient (Wildman–Crippen LogP) is 1.71. The normalized spacial score (nSPS) is 20.0. The van der Waals surface area contributed by atoms with E-state index in [0.717, 1.165) is 32.1 Å². The number of carbonyl (C=O) groups is 3. The number of primary amides is 1. The lowest BCUT2D eigenvalue weighted by molar-refractivity contribution is -0.133. The van der Waals surface area contributed by atoms with Crippen molar-refractivity contribution < 1.29 is 32.6 Å². The lowest BCUT2D eigenvalue weighted by Crippen LogP contribution is -2.54. The van der Waals surface area contributed by atoms with Crippen LogP contribution in [0.3, 0.4) is 0 Å². The third kappa shape index (κ3) is 5.59. The number of benzene rings is 1. The Labute approximate surface area is 190 Å². The Balaban J connectivity index is 1.54. The van der Waals surface area contributed by atoms with E-state index in [9.17, 15) is 23.2 Å². The van der Waals surface area contributed by atoms with Gasteiger partial charge in [0.15, 0.2) is 11.8 Å². The molecule has 3 fully saturated rings. The average molecular weight is 466 g/mol. The van der Waals surface area contributed by atoms with E-state index in [4.69, 9.17) is 10.5 Å². The van der Waals surface area contributed by atoms with Crippen LogP contribution in [0.25, 0.3) is 0 Å². The van der Waals surface area contributed by atoms with Gasteiger partial charge in [0.1, 0.15) is 6.61 Å². The van der Waals surface area contributed by atoms with Crippen LogP contribution in [0.15, 0.2) is 18.2 Å². The highest BCUT2D eigenvalue weighted by molar-refractivity contribution is 6.10. The van der Waals surface area contributed by atoms with Crippen molar-refractivity contribution in [1.82, 2.24) is 4.90 Å². The largest absolute Gasteiger partial charge is 0.433 e. The van der Waals surface area contributed by atoms with Crippen molar-refractivity contribution in [2.24, 2.45) is 11.7 Å². The summed E-state index contributed by atoms with van der Waals surface area (Å²) in [6.07, 6.45) is 5.07. The number of morpholine rings is 1. The molecule has 3 N–H and O–H groups in total. The number of ether oxygens (including phenoxy) is 2. The molecule has 0 unspecified atom stereocenters. The van der Waals surface area contributed by atoms with Gasteiger partial charge in [-0.3, -0.25) is 19.3 Å². The summed E-state index contributed by atoms with van der Waals surface area (Å²) >= 11 is 0. The maximum atomic E-state index is 13.1. The number of alkyl halides is 2. The summed E-state index contributed by atoms with van der Waals surface area (Å²) in [5.41, 5.74) is 5.91. The van der Waals surface area contributed by atoms with Crippen molar-refractivity contribution in [1.29, 1.82) is 0 Å². The van der Waals surface area contributed by atoms with Gasteiger partial charge < -0.3 is 25.4 Å². The van der Waals surface area contributed by atoms with E-state index in [-0.39, 0.29) is 48.8 Å². The number of amides is 3. The first-order valence-corrected chi connectivity index (χ1v) is 11.2. The Morgan fingerprint density at radius 3 is 2.61 bits per heavy atom. The topological polar surface area (TPSA) is 114 Å². The molecule has 2 aliphatic carbocycles. The van der Waals surface area contributed by atoms with Gasteiger partial charge in [-0.2, -0.15) is 8.78 Å². The zero-order valence-corrected chi connectivity index (χ0v) is 18.2. The van der Waals surface area contributed by atoms with Crippen LogP contribution in [0.5, 0.6) is 5.75 Å². The number of hydrogen-bond acceptors (Lipinski definition) is 6. The zero-order valence-electron chi connectivity index (χ0n) is 18.2. The lowest BCUT2D eigenvalue weighted by Gasteiger charge is -2.35. The van der Waals surface area contributed by atoms with Gasteiger partial charge in [-0.15, -0.1) is 0 Å². The van der Waals surface area contributed by atoms with E-state index in [1.807, 2.05) is 4.90 Å². The average Bonchev–Trinajstić information content (AvgIpc) is 3.55. The van der Waals surface area contributed by atoms with Gasteiger partial charge >= 0.3 is 6.61 Å². The Morgan fingerprint density at radius 2 is 2.03 bits per heavy atom. The number of hydrogen-bond donors (Lipinski definition) is 2. The molecule has 33 heavy (non-hydrogen) atoms. The zero-order chi connectivity index (χ0) is 23.5. The standard InChI is InChI=1S/C22H28F2N4O5/c23-22(24)33-17-10-14(4-7-16(17)27-8-9-32-12-18(27)29)26-21(31)19(20(25)30)28(15-5-6-15)11-13-2-1-3-13/h4,7,10,13,15,19,22H,1-3,5-6,8-9,11-12H2,(H2,25,30)(H,26,31)/t19-/m0/s1. The summed E-state index contributed by atoms with van der Waals surface area (Å²) in [5.74, 6) is -1.58. The third-order valence-electron chi connectivity index (χ3n) is 6.28. The number of nitrogens with one attached hydrogen (secondary N) is 1. The van der Waals surface area contributed by atoms with E-state index in [0.29, 0.717) is 12.5 Å². The van der Waals surface area contributed by atoms with Gasteiger partial charge in [0, 0.05) is 30.9 Å². The number of nitrogens with zero attached hydrogens (tertiary/aromatic N) is 2. The number of nitrogens with two attached hydrogens (primary N) is 1. The molecular formula is C22H28F2N4O5. The van der Waals surface area contributed by atoms with Crippen LogP contribution in [-0.2, 0) is 19.1 Å². The summed E-state index contributed by atoms with van der Waals surface area (Å²) < 4.78 is 35.8. The maximum Gasteiger partial charge on any atom is 0.387 e. The van der Waals surface area contributed by atoms with E-state index in [2.05, 4.69) is 10.1 Å². The highest BCUT2D eigenvalue weighted by Crippen LogP contribution is 2.36. The molecule has 2 saturated carbocycles. The number of anilines is 2. The van der Waals surface area contributed by atoms with Crippen molar-refractivity contribution in [2.75, 3.05) is 36.5 Å². The lowest BCUT2D eigenvalue weighted by atomic mass is 9.84. The molecule has 0 bridgehead atoms. The second-order valence-corrected chi connectivity index (χ2v) is 8.68. The third-order valence-corrected chi connectivity index (χ3v) is 6.28. The van der Waals surface area contributed by atoms with E-state index >= 15 is 0 Å². The van der Waals surface area contributed by atoms with Crippen LogP contribution in [0.4, 0.5) is 20.2 Å². The van der Waals surface area contributed by atoms with Crippen LogP contribution in [0.1, 0.15) is 32.1 Å². The molecule has 0 aromatic heterocycles. The summed E-state index contributed by atoms with van der Waals surface area (Å²) in [4.78, 5) is 40.6. The molecule has 9 nitrogen and oxygen atoms in total. The maximum absolute atomic E-state index is 13.1. The summed E-state index contributed by atoms with van der Waals surface area (Å²) in [6.45, 7) is -2.21. The molecule has 11 heteroatoms. The molecule has 3 aliphatic rings. The molecule has 4 rings (SSSR count). The van der Waals surface area contributed by atoms with Gasteiger partial charge in [0.2, 0.25) is 5.91 Å². The monoisotopic (exact) mass is 466 g/mol. The van der Waals surface area contributed by atoms with Crippen LogP contribution >= 0.6 is 0 Å². The highest BCUT2D eigenvalue weighted by atomic mass is 19.3. The van der Waals surface area contributed by atoms with Gasteiger partial charge in [-0.05, 0) is 43.7 Å². The quantitative estimate of drug-likeness (QED) is 0.508. The second-order valence-electron chi connectivity index (χ2n) is 8.68. The van der Waals surface area contributed by atoms with Crippen LogP contribution in [-0.4, -0.2) is 67.6 Å². The molecule has 1 aliphatic heterocycles. The minimum Gasteiger partial charge on any atom is -0.433 e. The van der Waals surface area contributed by atoms with Crippen molar-refractivity contribution in [3.63, 3.8) is 0 Å². The van der Waals surface area contributed by atoms with Crippen molar-refractivity contribution in [3.05, 3.63) is 18.2 Å². The molecule has 1 aromatic carbocycles. The predicted molar refractivity (Wildman–Crippen MR) is 115 cm³/mol. The Hall–Kier alpha value is -2.79. The first-order valence-electron chi connectivity index (χ1n) is 11.2. The molecule has 1 aromatic rings. The van der Waals surface area contributed by atoms with Crippen molar-refractivity contribution >= 4 is 29.1 Å². The minimum atomic E-state index is -3.13. The van der Waals surface area contributed by atoms with Crippen LogP contribution in [0.2, 0.25) is 0 Å². The summed E-state index contributed by atoms with van der Waals surface area (Å²) in [5, 5.41) is 2.62. The molecule has 180 valence electrons. The SMILES string of the molecule is NC(=O)[C@@H](C(=O)Nc1ccc(N2CCOCC2=O)c(OC(F)F)c1)N(CC1CCC1)C1CC1. The van der Waals surface area contributed by atoms with Crippen LogP contribution < -0.4 is 20.7 Å².